The minimum absolute atomic E-state index is 0.272. The van der Waals surface area contributed by atoms with Crippen molar-refractivity contribution in [3.05, 3.63) is 33.4 Å². The maximum Gasteiger partial charge on any atom is 0.309 e. The van der Waals surface area contributed by atoms with Crippen molar-refractivity contribution in [1.82, 2.24) is 0 Å². The summed E-state index contributed by atoms with van der Waals surface area (Å²) in [7, 11) is 0. The summed E-state index contributed by atoms with van der Waals surface area (Å²) < 4.78 is 6.68. The van der Waals surface area contributed by atoms with Crippen molar-refractivity contribution >= 4 is 34.5 Å². The van der Waals surface area contributed by atoms with Gasteiger partial charge in [-0.1, -0.05) is 31.9 Å². The van der Waals surface area contributed by atoms with Crippen LogP contribution in [0.4, 0.5) is 0 Å². The van der Waals surface area contributed by atoms with Crippen molar-refractivity contribution in [2.75, 3.05) is 0 Å². The lowest BCUT2D eigenvalue weighted by Crippen LogP contribution is -2.31. The molecule has 2 atom stereocenters. The summed E-state index contributed by atoms with van der Waals surface area (Å²) in [5, 5.41) is 9.63. The molecule has 1 aromatic carbocycles. The normalized spacial score (nSPS) is 13.9. The van der Waals surface area contributed by atoms with E-state index in [0.29, 0.717) is 25.7 Å². The number of carboxylic acid groups (broad SMARTS) is 1. The van der Waals surface area contributed by atoms with Crippen molar-refractivity contribution in [2.45, 2.75) is 71.8 Å². The topological polar surface area (TPSA) is 63.6 Å². The Hall–Kier alpha value is -1.11. The van der Waals surface area contributed by atoms with E-state index in [1.54, 1.807) is 0 Å². The van der Waals surface area contributed by atoms with E-state index < -0.39 is 17.5 Å². The number of rotatable bonds is 10. The molecule has 1 rings (SSSR count). The largest absolute Gasteiger partial charge is 0.481 e. The number of aliphatic carboxylic acids is 1. The standard InChI is InChI=1S/C21H31IO4/c1-5-6-7-17(20(25)26-21(2,3)4)14-16(19(23)24)11-8-15-9-12-18(22)13-10-15/h9-10,12-13,16-17H,5-8,11,14H2,1-4H3,(H,23,24)/t16-,17?/m1/s1. The molecular formula is C21H31IO4. The maximum absolute atomic E-state index is 12.5. The van der Waals surface area contributed by atoms with Gasteiger partial charge in [0.1, 0.15) is 5.60 Å². The molecule has 0 spiro atoms. The Morgan fingerprint density at radius 2 is 1.73 bits per heavy atom. The Morgan fingerprint density at radius 1 is 1.12 bits per heavy atom. The van der Waals surface area contributed by atoms with E-state index in [4.69, 9.17) is 4.74 Å². The predicted octanol–water partition coefficient (Wildman–Crippen LogP) is 5.46. The zero-order chi connectivity index (χ0) is 19.7. The van der Waals surface area contributed by atoms with Crippen molar-refractivity contribution in [2.24, 2.45) is 11.8 Å². The summed E-state index contributed by atoms with van der Waals surface area (Å²) >= 11 is 2.25. The SMILES string of the molecule is CCCCC(C[C@@H](CCc1ccc(I)cc1)C(=O)O)C(=O)OC(C)(C)C. The summed E-state index contributed by atoms with van der Waals surface area (Å²) in [6, 6.07) is 8.11. The smallest absolute Gasteiger partial charge is 0.309 e. The highest BCUT2D eigenvalue weighted by atomic mass is 127. The van der Waals surface area contributed by atoms with Gasteiger partial charge in [0.05, 0.1) is 11.8 Å². The summed E-state index contributed by atoms with van der Waals surface area (Å²) in [6.45, 7) is 7.59. The highest BCUT2D eigenvalue weighted by Gasteiger charge is 2.30. The fraction of sp³-hybridized carbons (Fsp3) is 0.619. The van der Waals surface area contributed by atoms with Gasteiger partial charge in [-0.2, -0.15) is 0 Å². The number of carboxylic acids is 1. The molecule has 0 bridgehead atoms. The molecule has 4 nitrogen and oxygen atoms in total. The molecule has 1 unspecified atom stereocenters. The van der Waals surface area contributed by atoms with Crippen LogP contribution in [0.2, 0.25) is 0 Å². The fourth-order valence-electron chi connectivity index (χ4n) is 2.85. The first-order valence-corrected chi connectivity index (χ1v) is 10.4. The number of carbonyl (C=O) groups excluding carboxylic acids is 1. The van der Waals surface area contributed by atoms with Crippen molar-refractivity contribution in [1.29, 1.82) is 0 Å². The van der Waals surface area contributed by atoms with E-state index in [-0.39, 0.29) is 11.9 Å². The van der Waals surface area contributed by atoms with E-state index in [1.165, 1.54) is 0 Å². The van der Waals surface area contributed by atoms with E-state index >= 15 is 0 Å². The number of aryl methyl sites for hydroxylation is 1. The van der Waals surface area contributed by atoms with Crippen LogP contribution in [0, 0.1) is 15.4 Å². The van der Waals surface area contributed by atoms with Crippen LogP contribution in [-0.2, 0) is 20.7 Å². The second-order valence-electron chi connectivity index (χ2n) is 7.81. The Labute approximate surface area is 170 Å². The molecule has 26 heavy (non-hydrogen) atoms. The number of benzene rings is 1. The average molecular weight is 474 g/mol. The molecule has 0 heterocycles. The average Bonchev–Trinajstić information content (AvgIpc) is 2.53. The summed E-state index contributed by atoms with van der Waals surface area (Å²) in [5.41, 5.74) is 0.570. The lowest BCUT2D eigenvalue weighted by atomic mass is 9.87. The van der Waals surface area contributed by atoms with Crippen molar-refractivity contribution < 1.29 is 19.4 Å². The molecule has 0 radical (unpaired) electrons. The van der Waals surface area contributed by atoms with Gasteiger partial charge < -0.3 is 9.84 Å². The van der Waals surface area contributed by atoms with Gasteiger partial charge in [-0.15, -0.1) is 0 Å². The van der Waals surface area contributed by atoms with E-state index in [0.717, 1.165) is 22.0 Å². The molecule has 0 aliphatic heterocycles. The van der Waals surface area contributed by atoms with Crippen LogP contribution >= 0.6 is 22.6 Å². The molecule has 1 N–H and O–H groups in total. The number of ether oxygens (including phenoxy) is 1. The molecule has 146 valence electrons. The van der Waals surface area contributed by atoms with Gasteiger partial charge >= 0.3 is 11.9 Å². The van der Waals surface area contributed by atoms with Crippen LogP contribution in [0.15, 0.2) is 24.3 Å². The van der Waals surface area contributed by atoms with Gasteiger partial charge in [-0.3, -0.25) is 9.59 Å². The van der Waals surface area contributed by atoms with E-state index in [9.17, 15) is 14.7 Å². The van der Waals surface area contributed by atoms with Gasteiger partial charge in [-0.25, -0.2) is 0 Å². The van der Waals surface area contributed by atoms with Crippen LogP contribution in [0.5, 0.6) is 0 Å². The first-order valence-electron chi connectivity index (χ1n) is 9.32. The van der Waals surface area contributed by atoms with Crippen LogP contribution in [0.3, 0.4) is 0 Å². The van der Waals surface area contributed by atoms with Gasteiger partial charge in [0.15, 0.2) is 0 Å². The Morgan fingerprint density at radius 3 is 2.23 bits per heavy atom. The number of halogens is 1. The molecule has 5 heteroatoms. The lowest BCUT2D eigenvalue weighted by molar-refractivity contribution is -0.161. The molecule has 1 aromatic rings. The molecule has 0 aromatic heterocycles. The van der Waals surface area contributed by atoms with Crippen molar-refractivity contribution in [3.8, 4) is 0 Å². The molecule has 0 amide bonds. The predicted molar refractivity (Wildman–Crippen MR) is 112 cm³/mol. The Balaban J connectivity index is 2.75. The van der Waals surface area contributed by atoms with Gasteiger partial charge in [0, 0.05) is 3.57 Å². The fourth-order valence-corrected chi connectivity index (χ4v) is 3.20. The van der Waals surface area contributed by atoms with Crippen LogP contribution in [0.25, 0.3) is 0 Å². The highest BCUT2D eigenvalue weighted by Crippen LogP contribution is 2.26. The van der Waals surface area contributed by atoms with E-state index in [2.05, 4.69) is 29.5 Å². The molecule has 0 aliphatic carbocycles. The van der Waals surface area contributed by atoms with Gasteiger partial charge in [0.25, 0.3) is 0 Å². The van der Waals surface area contributed by atoms with Crippen molar-refractivity contribution in [3.63, 3.8) is 0 Å². The lowest BCUT2D eigenvalue weighted by Gasteiger charge is -2.25. The minimum Gasteiger partial charge on any atom is -0.481 e. The van der Waals surface area contributed by atoms with Gasteiger partial charge in [0.2, 0.25) is 0 Å². The summed E-state index contributed by atoms with van der Waals surface area (Å²) in [6.07, 6.45) is 4.12. The second-order valence-corrected chi connectivity index (χ2v) is 9.05. The van der Waals surface area contributed by atoms with E-state index in [1.807, 2.05) is 45.0 Å². The number of esters is 1. The zero-order valence-corrected chi connectivity index (χ0v) is 18.4. The second kappa shape index (κ2) is 10.9. The Kier molecular flexibility index (Phi) is 9.61. The third-order valence-corrected chi connectivity index (χ3v) is 4.98. The third-order valence-electron chi connectivity index (χ3n) is 4.26. The first kappa shape index (κ1) is 22.9. The number of hydrogen-bond donors (Lipinski definition) is 1. The number of hydrogen-bond acceptors (Lipinski definition) is 3. The third kappa shape index (κ3) is 9.01. The quantitative estimate of drug-likeness (QED) is 0.361. The highest BCUT2D eigenvalue weighted by molar-refractivity contribution is 14.1. The molecule has 0 saturated heterocycles. The summed E-state index contributed by atoms with van der Waals surface area (Å²) in [4.78, 5) is 24.3. The summed E-state index contributed by atoms with van der Waals surface area (Å²) in [5.74, 6) is -2.00. The maximum atomic E-state index is 12.5. The molecule has 0 aliphatic rings. The Bertz CT molecular complexity index is 575. The zero-order valence-electron chi connectivity index (χ0n) is 16.3. The van der Waals surface area contributed by atoms with Crippen LogP contribution < -0.4 is 0 Å². The first-order chi connectivity index (χ1) is 12.1. The number of carbonyl (C=O) groups is 2. The molecular weight excluding hydrogens is 443 g/mol. The van der Waals surface area contributed by atoms with Gasteiger partial charge in [-0.05, 0) is 86.7 Å². The van der Waals surface area contributed by atoms with Crippen LogP contribution in [-0.4, -0.2) is 22.6 Å². The van der Waals surface area contributed by atoms with Crippen LogP contribution in [0.1, 0.15) is 65.4 Å². The minimum atomic E-state index is -0.833. The molecule has 0 fully saturated rings. The molecule has 0 saturated carbocycles. The monoisotopic (exact) mass is 474 g/mol. The number of unbranched alkanes of at least 4 members (excludes halogenated alkanes) is 1.